The van der Waals surface area contributed by atoms with Crippen molar-refractivity contribution in [1.29, 1.82) is 0 Å². The highest BCUT2D eigenvalue weighted by molar-refractivity contribution is 7.09. The van der Waals surface area contributed by atoms with Gasteiger partial charge in [-0.2, -0.15) is 17.5 Å². The monoisotopic (exact) mass is 269 g/mol. The predicted octanol–water partition coefficient (Wildman–Crippen LogP) is 2.48. The number of hydrogen-bond donors (Lipinski definition) is 1. The summed E-state index contributed by atoms with van der Waals surface area (Å²) >= 11 is 1.20. The van der Waals surface area contributed by atoms with Gasteiger partial charge in [0.15, 0.2) is 0 Å². The first-order valence-electron chi connectivity index (χ1n) is 5.22. The Balaban J connectivity index is 2.13. The molecule has 98 valence electrons. The Labute approximate surface area is 101 Å². The quantitative estimate of drug-likeness (QED) is 0.772. The smallest absolute Gasteiger partial charge is 0.370 e. The number of halogens is 3. The van der Waals surface area contributed by atoms with Gasteiger partial charge in [-0.3, -0.25) is 0 Å². The van der Waals surface area contributed by atoms with Gasteiger partial charge in [0.25, 0.3) is 0 Å². The van der Waals surface area contributed by atoms with E-state index in [1.807, 2.05) is 6.92 Å². The molecule has 0 atom stereocenters. The topological polar surface area (TPSA) is 47.0 Å². The molecule has 1 aromatic heterocycles. The molecule has 0 aromatic carbocycles. The number of aryl methyl sites for hydroxylation is 1. The van der Waals surface area contributed by atoms with Crippen LogP contribution in [0.25, 0.3) is 0 Å². The van der Waals surface area contributed by atoms with Crippen molar-refractivity contribution in [2.75, 3.05) is 25.1 Å². The number of ether oxygens (including phenoxy) is 1. The first kappa shape index (κ1) is 14.2. The summed E-state index contributed by atoms with van der Waals surface area (Å²) in [5.41, 5.74) is 0. The minimum Gasteiger partial charge on any atom is -0.370 e. The highest BCUT2D eigenvalue weighted by Crippen LogP contribution is 2.14. The Morgan fingerprint density at radius 2 is 2.18 bits per heavy atom. The Morgan fingerprint density at radius 3 is 2.82 bits per heavy atom. The van der Waals surface area contributed by atoms with Crippen LogP contribution in [-0.2, 0) is 11.2 Å². The molecule has 17 heavy (non-hydrogen) atoms. The zero-order chi connectivity index (χ0) is 12.7. The molecular weight excluding hydrogens is 255 g/mol. The van der Waals surface area contributed by atoms with Crippen molar-refractivity contribution in [3.63, 3.8) is 0 Å². The molecule has 0 aliphatic heterocycles. The van der Waals surface area contributed by atoms with Gasteiger partial charge in [-0.25, -0.2) is 4.98 Å². The Kier molecular flexibility index (Phi) is 5.63. The second-order valence-corrected chi connectivity index (χ2v) is 4.11. The molecule has 8 heteroatoms. The third kappa shape index (κ3) is 6.42. The summed E-state index contributed by atoms with van der Waals surface area (Å²) in [6.45, 7) is 1.09. The van der Waals surface area contributed by atoms with Crippen LogP contribution in [0.15, 0.2) is 0 Å². The maximum atomic E-state index is 11.7. The average Bonchev–Trinajstić information content (AvgIpc) is 2.64. The molecule has 0 aliphatic carbocycles. The molecule has 0 saturated carbocycles. The van der Waals surface area contributed by atoms with Gasteiger partial charge < -0.3 is 10.1 Å². The number of rotatable bonds is 7. The van der Waals surface area contributed by atoms with Crippen molar-refractivity contribution in [2.45, 2.75) is 25.9 Å². The molecule has 0 saturated heterocycles. The highest BCUT2D eigenvalue weighted by Gasteiger charge is 2.27. The summed E-state index contributed by atoms with van der Waals surface area (Å²) in [7, 11) is 0. The third-order valence-corrected chi connectivity index (χ3v) is 2.44. The van der Waals surface area contributed by atoms with Crippen LogP contribution in [0, 0.1) is 0 Å². The fourth-order valence-corrected chi connectivity index (χ4v) is 1.71. The van der Waals surface area contributed by atoms with E-state index in [-0.39, 0.29) is 13.2 Å². The largest absolute Gasteiger partial charge is 0.411 e. The Morgan fingerprint density at radius 1 is 1.41 bits per heavy atom. The van der Waals surface area contributed by atoms with Gasteiger partial charge in [-0.1, -0.05) is 6.92 Å². The van der Waals surface area contributed by atoms with Crippen LogP contribution in [0.2, 0.25) is 0 Å². The zero-order valence-electron chi connectivity index (χ0n) is 9.38. The van der Waals surface area contributed by atoms with Crippen molar-refractivity contribution in [3.8, 4) is 0 Å². The summed E-state index contributed by atoms with van der Waals surface area (Å²) in [6.07, 6.45) is -2.50. The molecule has 0 unspecified atom stereocenters. The maximum Gasteiger partial charge on any atom is 0.411 e. The summed E-state index contributed by atoms with van der Waals surface area (Å²) in [5, 5.41) is 3.48. The molecule has 1 aromatic rings. The van der Waals surface area contributed by atoms with E-state index in [1.54, 1.807) is 0 Å². The molecule has 0 radical (unpaired) electrons. The molecule has 0 fully saturated rings. The normalized spacial score (nSPS) is 11.8. The second kappa shape index (κ2) is 6.75. The summed E-state index contributed by atoms with van der Waals surface area (Å²) in [4.78, 5) is 4.16. The van der Waals surface area contributed by atoms with Gasteiger partial charge in [0.05, 0.1) is 6.61 Å². The van der Waals surface area contributed by atoms with Crippen LogP contribution in [-0.4, -0.2) is 35.3 Å². The van der Waals surface area contributed by atoms with E-state index >= 15 is 0 Å². The maximum absolute atomic E-state index is 11.7. The number of hydrogen-bond acceptors (Lipinski definition) is 5. The minimum absolute atomic E-state index is 0.0117. The molecule has 0 aliphatic rings. The van der Waals surface area contributed by atoms with Gasteiger partial charge in [-0.15, -0.1) is 0 Å². The van der Waals surface area contributed by atoms with Crippen LogP contribution < -0.4 is 5.32 Å². The van der Waals surface area contributed by atoms with E-state index in [9.17, 15) is 13.2 Å². The van der Waals surface area contributed by atoms with Crippen LogP contribution in [0.5, 0.6) is 0 Å². The first-order chi connectivity index (χ1) is 8.01. The lowest BCUT2D eigenvalue weighted by atomic mass is 10.3. The number of nitrogens with one attached hydrogen (secondary N) is 1. The van der Waals surface area contributed by atoms with Gasteiger partial charge in [-0.05, 0) is 6.42 Å². The van der Waals surface area contributed by atoms with Crippen molar-refractivity contribution in [2.24, 2.45) is 0 Å². The van der Waals surface area contributed by atoms with Crippen LogP contribution in [0.4, 0.5) is 18.3 Å². The SMILES string of the molecule is CCCc1nsc(NCCOCC(F)(F)F)n1. The lowest BCUT2D eigenvalue weighted by Crippen LogP contribution is -2.20. The lowest BCUT2D eigenvalue weighted by Gasteiger charge is -2.07. The molecule has 1 heterocycles. The predicted molar refractivity (Wildman–Crippen MR) is 59.3 cm³/mol. The number of nitrogens with zero attached hydrogens (tertiary/aromatic N) is 2. The fraction of sp³-hybridized carbons (Fsp3) is 0.778. The zero-order valence-corrected chi connectivity index (χ0v) is 10.2. The van der Waals surface area contributed by atoms with Crippen molar-refractivity contribution < 1.29 is 17.9 Å². The molecular formula is C9H14F3N3OS. The number of anilines is 1. The third-order valence-electron chi connectivity index (χ3n) is 1.73. The minimum atomic E-state index is -4.27. The molecule has 1 rings (SSSR count). The lowest BCUT2D eigenvalue weighted by molar-refractivity contribution is -0.172. The van der Waals surface area contributed by atoms with Gasteiger partial charge >= 0.3 is 6.18 Å². The van der Waals surface area contributed by atoms with E-state index in [4.69, 9.17) is 0 Å². The Bertz CT molecular complexity index is 330. The highest BCUT2D eigenvalue weighted by atomic mass is 32.1. The molecule has 4 nitrogen and oxygen atoms in total. The summed E-state index contributed by atoms with van der Waals surface area (Å²) in [6, 6.07) is 0. The fourth-order valence-electron chi connectivity index (χ4n) is 1.07. The first-order valence-corrected chi connectivity index (χ1v) is 5.99. The average molecular weight is 269 g/mol. The van der Waals surface area contributed by atoms with Crippen molar-refractivity contribution in [1.82, 2.24) is 9.36 Å². The number of aromatic nitrogens is 2. The van der Waals surface area contributed by atoms with Gasteiger partial charge in [0.2, 0.25) is 5.13 Å². The van der Waals surface area contributed by atoms with Crippen molar-refractivity contribution >= 4 is 16.7 Å². The van der Waals surface area contributed by atoms with Gasteiger partial charge in [0, 0.05) is 24.5 Å². The Hall–Kier alpha value is -0.890. The van der Waals surface area contributed by atoms with Crippen LogP contribution in [0.3, 0.4) is 0 Å². The summed E-state index contributed by atoms with van der Waals surface area (Å²) in [5.74, 6) is 0.760. The van der Waals surface area contributed by atoms with E-state index in [0.29, 0.717) is 5.13 Å². The molecule has 0 amide bonds. The van der Waals surface area contributed by atoms with E-state index in [2.05, 4.69) is 19.4 Å². The van der Waals surface area contributed by atoms with Crippen LogP contribution >= 0.6 is 11.5 Å². The van der Waals surface area contributed by atoms with E-state index in [1.165, 1.54) is 11.5 Å². The standard InChI is InChI=1S/C9H14F3N3OS/c1-2-3-7-14-8(17-15-7)13-4-5-16-6-9(10,11)12/h2-6H2,1H3,(H,13,14,15). The van der Waals surface area contributed by atoms with Crippen LogP contribution in [0.1, 0.15) is 19.2 Å². The second-order valence-electron chi connectivity index (χ2n) is 3.36. The van der Waals surface area contributed by atoms with Gasteiger partial charge in [0.1, 0.15) is 12.4 Å². The number of alkyl halides is 3. The molecule has 0 bridgehead atoms. The summed E-state index contributed by atoms with van der Waals surface area (Å²) < 4.78 is 43.7. The molecule has 0 spiro atoms. The molecule has 1 N–H and O–H groups in total. The van der Waals surface area contributed by atoms with Crippen molar-refractivity contribution in [3.05, 3.63) is 5.82 Å². The van der Waals surface area contributed by atoms with E-state index in [0.717, 1.165) is 18.7 Å². The van der Waals surface area contributed by atoms with E-state index < -0.39 is 12.8 Å².